The van der Waals surface area contributed by atoms with E-state index < -0.39 is 5.60 Å². The monoisotopic (exact) mass is 277 g/mol. The van der Waals surface area contributed by atoms with Crippen LogP contribution in [0, 0.1) is 0 Å². The third-order valence-electron chi connectivity index (χ3n) is 3.69. The van der Waals surface area contributed by atoms with Crippen LogP contribution in [0.1, 0.15) is 25.1 Å². The fourth-order valence-electron chi connectivity index (χ4n) is 2.40. The topological polar surface area (TPSA) is 45.4 Å². The van der Waals surface area contributed by atoms with Crippen LogP contribution in [0.5, 0.6) is 0 Å². The van der Waals surface area contributed by atoms with Gasteiger partial charge in [-0.05, 0) is 31.2 Å². The van der Waals surface area contributed by atoms with Crippen molar-refractivity contribution < 1.29 is 9.52 Å². The van der Waals surface area contributed by atoms with Gasteiger partial charge in [0.25, 0.3) is 0 Å². The van der Waals surface area contributed by atoms with E-state index in [2.05, 4.69) is 24.4 Å². The first kappa shape index (κ1) is 13.0. The van der Waals surface area contributed by atoms with E-state index in [-0.39, 0.29) is 6.04 Å². The number of rotatable bonds is 4. The van der Waals surface area contributed by atoms with E-state index in [0.717, 1.165) is 34.7 Å². The molecule has 4 heteroatoms. The Kier molecular flexibility index (Phi) is 3.56. The molecule has 0 aliphatic carbocycles. The summed E-state index contributed by atoms with van der Waals surface area (Å²) >= 11 is 1.82. The standard InChI is InChI=1S/C15H19NO2S/c1-11(16-9-15(17)6-7-19-10-15)14-8-12-4-2-3-5-13(12)18-14/h2-5,8,11,16-17H,6-7,9-10H2,1H3. The highest BCUT2D eigenvalue weighted by Gasteiger charge is 2.31. The van der Waals surface area contributed by atoms with E-state index >= 15 is 0 Å². The quantitative estimate of drug-likeness (QED) is 0.902. The molecule has 1 fully saturated rings. The number of furan rings is 1. The van der Waals surface area contributed by atoms with Gasteiger partial charge in [-0.1, -0.05) is 18.2 Å². The van der Waals surface area contributed by atoms with Crippen LogP contribution in [0.3, 0.4) is 0 Å². The highest BCUT2D eigenvalue weighted by molar-refractivity contribution is 7.99. The number of thioether (sulfide) groups is 1. The second-order valence-electron chi connectivity index (χ2n) is 5.32. The molecule has 0 amide bonds. The van der Waals surface area contributed by atoms with Gasteiger partial charge in [-0.3, -0.25) is 0 Å². The predicted octanol–water partition coefficient (Wildman–Crippen LogP) is 2.95. The maximum absolute atomic E-state index is 10.3. The van der Waals surface area contributed by atoms with Crippen molar-refractivity contribution in [2.75, 3.05) is 18.1 Å². The fourth-order valence-corrected chi connectivity index (χ4v) is 3.69. The molecule has 3 nitrogen and oxygen atoms in total. The minimum Gasteiger partial charge on any atom is -0.459 e. The fraction of sp³-hybridized carbons (Fsp3) is 0.467. The van der Waals surface area contributed by atoms with Gasteiger partial charge in [-0.2, -0.15) is 11.8 Å². The molecule has 0 saturated carbocycles. The average molecular weight is 277 g/mol. The summed E-state index contributed by atoms with van der Waals surface area (Å²) in [6.45, 7) is 2.70. The number of hydrogen-bond acceptors (Lipinski definition) is 4. The molecule has 1 aromatic carbocycles. The number of aliphatic hydroxyl groups is 1. The van der Waals surface area contributed by atoms with Gasteiger partial charge in [0.05, 0.1) is 11.6 Å². The van der Waals surface area contributed by atoms with E-state index in [9.17, 15) is 5.11 Å². The minimum absolute atomic E-state index is 0.113. The Morgan fingerprint density at radius 2 is 2.32 bits per heavy atom. The van der Waals surface area contributed by atoms with Crippen molar-refractivity contribution in [2.24, 2.45) is 0 Å². The third kappa shape index (κ3) is 2.81. The molecule has 1 aliphatic heterocycles. The Labute approximate surface area is 117 Å². The van der Waals surface area contributed by atoms with Crippen molar-refractivity contribution in [1.82, 2.24) is 5.32 Å². The molecule has 0 spiro atoms. The summed E-state index contributed by atoms with van der Waals surface area (Å²) < 4.78 is 5.83. The lowest BCUT2D eigenvalue weighted by Gasteiger charge is -2.23. The molecular formula is C15H19NO2S. The van der Waals surface area contributed by atoms with Gasteiger partial charge in [0, 0.05) is 17.7 Å². The summed E-state index contributed by atoms with van der Waals surface area (Å²) in [5, 5.41) is 14.8. The van der Waals surface area contributed by atoms with Crippen LogP contribution in [0.4, 0.5) is 0 Å². The van der Waals surface area contributed by atoms with Gasteiger partial charge in [-0.25, -0.2) is 0 Å². The van der Waals surface area contributed by atoms with Crippen LogP contribution in [0.2, 0.25) is 0 Å². The van der Waals surface area contributed by atoms with Gasteiger partial charge in [0.2, 0.25) is 0 Å². The number of fused-ring (bicyclic) bond motifs is 1. The molecule has 3 rings (SSSR count). The highest BCUT2D eigenvalue weighted by atomic mass is 32.2. The summed E-state index contributed by atoms with van der Waals surface area (Å²) in [7, 11) is 0. The zero-order valence-electron chi connectivity index (χ0n) is 11.1. The molecule has 1 aromatic heterocycles. The molecule has 2 N–H and O–H groups in total. The van der Waals surface area contributed by atoms with Crippen molar-refractivity contribution in [3.05, 3.63) is 36.1 Å². The lowest BCUT2D eigenvalue weighted by molar-refractivity contribution is 0.0645. The van der Waals surface area contributed by atoms with E-state index in [1.165, 1.54) is 0 Å². The first-order chi connectivity index (χ1) is 9.16. The molecular weight excluding hydrogens is 258 g/mol. The van der Waals surface area contributed by atoms with E-state index in [1.807, 2.05) is 30.0 Å². The van der Waals surface area contributed by atoms with Gasteiger partial charge in [-0.15, -0.1) is 0 Å². The van der Waals surface area contributed by atoms with Gasteiger partial charge >= 0.3 is 0 Å². The first-order valence-electron chi connectivity index (χ1n) is 6.68. The average Bonchev–Trinajstić information content (AvgIpc) is 3.02. The van der Waals surface area contributed by atoms with Crippen molar-refractivity contribution >= 4 is 22.7 Å². The van der Waals surface area contributed by atoms with Crippen molar-refractivity contribution in [1.29, 1.82) is 0 Å². The summed E-state index contributed by atoms with van der Waals surface area (Å²) in [5.74, 6) is 2.81. The summed E-state index contributed by atoms with van der Waals surface area (Å²) in [6.07, 6.45) is 0.873. The Balaban J connectivity index is 1.68. The molecule has 19 heavy (non-hydrogen) atoms. The normalized spacial score (nSPS) is 24.9. The molecule has 102 valence electrons. The van der Waals surface area contributed by atoms with Crippen molar-refractivity contribution in [3.63, 3.8) is 0 Å². The molecule has 1 saturated heterocycles. The first-order valence-corrected chi connectivity index (χ1v) is 7.84. The largest absolute Gasteiger partial charge is 0.459 e. The number of benzene rings is 1. The molecule has 2 unspecified atom stereocenters. The summed E-state index contributed by atoms with van der Waals surface area (Å²) in [6, 6.07) is 10.2. The molecule has 0 radical (unpaired) electrons. The smallest absolute Gasteiger partial charge is 0.134 e. The maximum Gasteiger partial charge on any atom is 0.134 e. The van der Waals surface area contributed by atoms with E-state index in [4.69, 9.17) is 4.42 Å². The highest BCUT2D eigenvalue weighted by Crippen LogP contribution is 2.28. The number of nitrogens with one attached hydrogen (secondary N) is 1. The lowest BCUT2D eigenvalue weighted by atomic mass is 10.0. The third-order valence-corrected chi connectivity index (χ3v) is 4.93. The molecule has 2 aromatic rings. The van der Waals surface area contributed by atoms with Crippen LogP contribution in [-0.2, 0) is 0 Å². The zero-order valence-corrected chi connectivity index (χ0v) is 11.9. The van der Waals surface area contributed by atoms with Gasteiger partial charge in [0.1, 0.15) is 11.3 Å². The molecule has 2 atom stereocenters. The second kappa shape index (κ2) is 5.19. The molecule has 2 heterocycles. The molecule has 1 aliphatic rings. The Bertz CT molecular complexity index is 527. The van der Waals surface area contributed by atoms with E-state index in [1.54, 1.807) is 0 Å². The lowest BCUT2D eigenvalue weighted by Crippen LogP contribution is -2.41. The number of hydrogen-bond donors (Lipinski definition) is 2. The van der Waals surface area contributed by atoms with Crippen LogP contribution < -0.4 is 5.32 Å². The van der Waals surface area contributed by atoms with E-state index in [0.29, 0.717) is 6.54 Å². The Hall–Kier alpha value is -0.970. The SMILES string of the molecule is CC(NCC1(O)CCSC1)c1cc2ccccc2o1. The van der Waals surface area contributed by atoms with Crippen molar-refractivity contribution in [2.45, 2.75) is 25.0 Å². The van der Waals surface area contributed by atoms with Crippen molar-refractivity contribution in [3.8, 4) is 0 Å². The maximum atomic E-state index is 10.3. The summed E-state index contributed by atoms with van der Waals surface area (Å²) in [4.78, 5) is 0. The minimum atomic E-state index is -0.551. The van der Waals surface area contributed by atoms with Crippen LogP contribution in [0.25, 0.3) is 11.0 Å². The second-order valence-corrected chi connectivity index (χ2v) is 6.42. The summed E-state index contributed by atoms with van der Waals surface area (Å²) in [5.41, 5.74) is 0.367. The van der Waals surface area contributed by atoms with Gasteiger partial charge < -0.3 is 14.8 Å². The Morgan fingerprint density at radius 1 is 1.47 bits per heavy atom. The predicted molar refractivity (Wildman–Crippen MR) is 79.5 cm³/mol. The Morgan fingerprint density at radius 3 is 3.05 bits per heavy atom. The van der Waals surface area contributed by atoms with Crippen LogP contribution in [0.15, 0.2) is 34.7 Å². The molecule has 0 bridgehead atoms. The number of para-hydroxylation sites is 1. The van der Waals surface area contributed by atoms with Crippen LogP contribution in [-0.4, -0.2) is 28.8 Å². The zero-order chi connectivity index (χ0) is 13.3. The van der Waals surface area contributed by atoms with Gasteiger partial charge in [0.15, 0.2) is 0 Å². The van der Waals surface area contributed by atoms with Crippen LogP contribution >= 0.6 is 11.8 Å².